The molecule has 120 valence electrons. The molecule has 1 rings (SSSR count). The highest BCUT2D eigenvalue weighted by Crippen LogP contribution is 2.15. The Kier molecular flexibility index (Phi) is 7.26. The first-order valence-corrected chi connectivity index (χ1v) is 8.02. The summed E-state index contributed by atoms with van der Waals surface area (Å²) in [7, 11) is 1.72. The number of nitrogens with one attached hydrogen (secondary N) is 1. The Morgan fingerprint density at radius 2 is 1.57 bits per heavy atom. The molecule has 21 heavy (non-hydrogen) atoms. The summed E-state index contributed by atoms with van der Waals surface area (Å²) >= 11 is 0. The summed E-state index contributed by atoms with van der Waals surface area (Å²) in [5, 5.41) is 3.55. The second kappa shape index (κ2) is 8.44. The minimum absolute atomic E-state index is 0.151. The molecule has 0 unspecified atom stereocenters. The molecule has 4 heteroatoms. The molecule has 0 saturated heterocycles. The van der Waals surface area contributed by atoms with Crippen LogP contribution in [0.15, 0.2) is 0 Å². The summed E-state index contributed by atoms with van der Waals surface area (Å²) in [6.45, 7) is 12.6. The molecular weight excluding hydrogens is 262 g/mol. The molecule has 0 aliphatic carbocycles. The van der Waals surface area contributed by atoms with Gasteiger partial charge in [0.25, 0.3) is 0 Å². The van der Waals surface area contributed by atoms with E-state index in [-0.39, 0.29) is 5.54 Å². The quantitative estimate of drug-likeness (QED) is 0.800. The second-order valence-corrected chi connectivity index (χ2v) is 6.39. The molecule has 0 aliphatic rings. The maximum absolute atomic E-state index is 5.14. The molecule has 0 spiro atoms. The lowest BCUT2D eigenvalue weighted by Crippen LogP contribution is -2.37. The van der Waals surface area contributed by atoms with Gasteiger partial charge in [-0.25, -0.2) is 9.97 Å². The van der Waals surface area contributed by atoms with Crippen LogP contribution in [0.25, 0.3) is 0 Å². The largest absolute Gasteiger partial charge is 0.384 e. The Morgan fingerprint density at radius 3 is 2.00 bits per heavy atom. The Balaban J connectivity index is 2.90. The van der Waals surface area contributed by atoms with Crippen molar-refractivity contribution in [3.05, 3.63) is 22.8 Å². The van der Waals surface area contributed by atoms with Gasteiger partial charge in [-0.2, -0.15) is 0 Å². The lowest BCUT2D eigenvalue weighted by molar-refractivity contribution is 0.200. The molecule has 0 atom stereocenters. The maximum Gasteiger partial charge on any atom is 0.131 e. The van der Waals surface area contributed by atoms with E-state index in [0.29, 0.717) is 6.61 Å². The predicted molar refractivity (Wildman–Crippen MR) is 87.8 cm³/mol. The van der Waals surface area contributed by atoms with Gasteiger partial charge in [0.15, 0.2) is 0 Å². The van der Waals surface area contributed by atoms with E-state index in [1.807, 2.05) is 0 Å². The van der Waals surface area contributed by atoms with Crippen molar-refractivity contribution in [2.24, 2.45) is 0 Å². The summed E-state index contributed by atoms with van der Waals surface area (Å²) in [5.74, 6) is 0.915. The number of hydrogen-bond donors (Lipinski definition) is 1. The van der Waals surface area contributed by atoms with Crippen LogP contribution in [0.1, 0.15) is 57.4 Å². The summed E-state index contributed by atoms with van der Waals surface area (Å²) < 4.78 is 5.14. The minimum atomic E-state index is 0.151. The number of ether oxygens (including phenoxy) is 1. The smallest absolute Gasteiger partial charge is 0.131 e. The fourth-order valence-electron chi connectivity index (χ4n) is 2.38. The van der Waals surface area contributed by atoms with Crippen LogP contribution in [0.3, 0.4) is 0 Å². The van der Waals surface area contributed by atoms with Gasteiger partial charge in [0, 0.05) is 30.5 Å². The van der Waals surface area contributed by atoms with Gasteiger partial charge in [0.2, 0.25) is 0 Å². The molecule has 0 radical (unpaired) electrons. The molecule has 1 aromatic heterocycles. The SMILES string of the molecule is CCc1nc(CCOC)nc(CC)c1CCNC(C)(C)C. The van der Waals surface area contributed by atoms with E-state index < -0.39 is 0 Å². The zero-order valence-corrected chi connectivity index (χ0v) is 14.5. The normalized spacial score (nSPS) is 11.9. The number of rotatable bonds is 8. The van der Waals surface area contributed by atoms with E-state index >= 15 is 0 Å². The minimum Gasteiger partial charge on any atom is -0.384 e. The van der Waals surface area contributed by atoms with Crippen LogP contribution in [0.5, 0.6) is 0 Å². The Bertz CT molecular complexity index is 413. The van der Waals surface area contributed by atoms with Crippen LogP contribution < -0.4 is 5.32 Å². The highest BCUT2D eigenvalue weighted by molar-refractivity contribution is 5.27. The van der Waals surface area contributed by atoms with Crippen molar-refractivity contribution in [2.45, 2.75) is 65.8 Å². The Morgan fingerprint density at radius 1 is 1.00 bits per heavy atom. The lowest BCUT2D eigenvalue weighted by atomic mass is 10.0. The van der Waals surface area contributed by atoms with Gasteiger partial charge in [-0.15, -0.1) is 0 Å². The van der Waals surface area contributed by atoms with Crippen molar-refractivity contribution < 1.29 is 4.74 Å². The molecule has 0 saturated carbocycles. The third-order valence-corrected chi connectivity index (χ3v) is 3.45. The first-order valence-electron chi connectivity index (χ1n) is 8.02. The summed E-state index contributed by atoms with van der Waals surface area (Å²) in [6.07, 6.45) is 3.70. The van der Waals surface area contributed by atoms with Crippen molar-refractivity contribution >= 4 is 0 Å². The van der Waals surface area contributed by atoms with Crippen LogP contribution in [-0.2, 0) is 30.4 Å². The zero-order chi connectivity index (χ0) is 15.9. The zero-order valence-electron chi connectivity index (χ0n) is 14.5. The van der Waals surface area contributed by atoms with Crippen LogP contribution in [0.2, 0.25) is 0 Å². The van der Waals surface area contributed by atoms with Crippen LogP contribution in [0.4, 0.5) is 0 Å². The van der Waals surface area contributed by atoms with Gasteiger partial charge < -0.3 is 10.1 Å². The summed E-state index contributed by atoms with van der Waals surface area (Å²) in [5.41, 5.74) is 3.88. The molecule has 0 aliphatic heterocycles. The molecule has 4 nitrogen and oxygen atoms in total. The van der Waals surface area contributed by atoms with Crippen LogP contribution in [-0.4, -0.2) is 35.8 Å². The highest BCUT2D eigenvalue weighted by atomic mass is 16.5. The van der Waals surface area contributed by atoms with Gasteiger partial charge >= 0.3 is 0 Å². The van der Waals surface area contributed by atoms with Crippen molar-refractivity contribution in [1.82, 2.24) is 15.3 Å². The topological polar surface area (TPSA) is 47.0 Å². The van der Waals surface area contributed by atoms with Gasteiger partial charge in [-0.3, -0.25) is 0 Å². The Hall–Kier alpha value is -1.00. The van der Waals surface area contributed by atoms with E-state index in [0.717, 1.165) is 38.1 Å². The third kappa shape index (κ3) is 6.10. The van der Waals surface area contributed by atoms with Crippen molar-refractivity contribution in [3.63, 3.8) is 0 Å². The molecule has 1 N–H and O–H groups in total. The number of methoxy groups -OCH3 is 1. The van der Waals surface area contributed by atoms with Crippen molar-refractivity contribution in [1.29, 1.82) is 0 Å². The van der Waals surface area contributed by atoms with E-state index in [1.54, 1.807) is 7.11 Å². The van der Waals surface area contributed by atoms with Gasteiger partial charge in [0.05, 0.1) is 6.61 Å². The van der Waals surface area contributed by atoms with Crippen molar-refractivity contribution in [2.75, 3.05) is 20.3 Å². The average Bonchev–Trinajstić information content (AvgIpc) is 2.44. The molecule has 1 aromatic rings. The lowest BCUT2D eigenvalue weighted by Gasteiger charge is -2.21. The number of nitrogens with zero attached hydrogens (tertiary/aromatic N) is 2. The number of aryl methyl sites for hydroxylation is 2. The average molecular weight is 293 g/mol. The highest BCUT2D eigenvalue weighted by Gasteiger charge is 2.14. The van der Waals surface area contributed by atoms with Gasteiger partial charge in [-0.1, -0.05) is 13.8 Å². The van der Waals surface area contributed by atoms with Crippen molar-refractivity contribution in [3.8, 4) is 0 Å². The second-order valence-electron chi connectivity index (χ2n) is 6.39. The standard InChI is InChI=1S/C17H31N3O/c1-7-14-13(9-11-18-17(3,4)5)15(8-2)20-16(19-14)10-12-21-6/h18H,7-12H2,1-6H3. The summed E-state index contributed by atoms with van der Waals surface area (Å²) in [6, 6.07) is 0. The molecule has 0 amide bonds. The molecule has 1 heterocycles. The fraction of sp³-hybridized carbons (Fsp3) is 0.765. The number of aromatic nitrogens is 2. The predicted octanol–water partition coefficient (Wildman–Crippen LogP) is 2.72. The molecule has 0 bridgehead atoms. The van der Waals surface area contributed by atoms with Crippen LogP contribution >= 0.6 is 0 Å². The third-order valence-electron chi connectivity index (χ3n) is 3.45. The molecule has 0 aromatic carbocycles. The first-order chi connectivity index (χ1) is 9.91. The van der Waals surface area contributed by atoms with Crippen LogP contribution in [0, 0.1) is 0 Å². The van der Waals surface area contributed by atoms with E-state index in [2.05, 4.69) is 39.9 Å². The fourth-order valence-corrected chi connectivity index (χ4v) is 2.38. The monoisotopic (exact) mass is 293 g/mol. The van der Waals surface area contributed by atoms with E-state index in [1.165, 1.54) is 17.0 Å². The van der Waals surface area contributed by atoms with Gasteiger partial charge in [0.1, 0.15) is 5.82 Å². The molecular formula is C17H31N3O. The maximum atomic E-state index is 5.14. The summed E-state index contributed by atoms with van der Waals surface area (Å²) in [4.78, 5) is 9.47. The van der Waals surface area contributed by atoms with Gasteiger partial charge in [-0.05, 0) is 52.1 Å². The molecule has 0 fully saturated rings. The number of hydrogen-bond acceptors (Lipinski definition) is 4. The first kappa shape index (κ1) is 18.1. The van der Waals surface area contributed by atoms with E-state index in [4.69, 9.17) is 14.7 Å². The Labute approximate surface area is 129 Å². The van der Waals surface area contributed by atoms with E-state index in [9.17, 15) is 0 Å².